The minimum atomic E-state index is -0.653. The molecule has 6 rings (SSSR count). The maximum Gasteiger partial charge on any atom is 0.365 e. The number of carbonyl (C=O) groups is 4. The normalized spacial score (nSPS) is 14.0. The van der Waals surface area contributed by atoms with Crippen LogP contribution in [0.1, 0.15) is 114 Å². The molecule has 4 aromatic carbocycles. The van der Waals surface area contributed by atoms with Gasteiger partial charge in [-0.3, -0.25) is 9.59 Å². The zero-order valence-electron chi connectivity index (χ0n) is 30.0. The van der Waals surface area contributed by atoms with Crippen LogP contribution < -0.4 is 0 Å². The predicted molar refractivity (Wildman–Crippen MR) is 203 cm³/mol. The number of hydrogen-bond acceptors (Lipinski definition) is 8. The lowest BCUT2D eigenvalue weighted by Crippen LogP contribution is -2.21. The third kappa shape index (κ3) is 7.94. The molecule has 1 heterocycles. The first-order valence-corrected chi connectivity index (χ1v) is 18.0. The molecule has 266 valence electrons. The van der Waals surface area contributed by atoms with Crippen molar-refractivity contribution in [2.24, 2.45) is 22.1 Å². The monoisotopic (exact) mass is 697 g/mol. The SMILES string of the molecule is CC(C)/C(=N\OC(=O)c1ccccc1)C(=O)c1ccc2c(c1)c1cc(C(=O)/C(CCC3CCCC3)=N/OC(=O)c3ccccc3)ccc1n2C(C)C. The van der Waals surface area contributed by atoms with Gasteiger partial charge in [-0.25, -0.2) is 9.59 Å². The average Bonchev–Trinajstić information content (AvgIpc) is 3.80. The molecule has 0 amide bonds. The Balaban J connectivity index is 1.35. The van der Waals surface area contributed by atoms with Crippen LogP contribution in [0.3, 0.4) is 0 Å². The first kappa shape index (κ1) is 36.1. The summed E-state index contributed by atoms with van der Waals surface area (Å²) in [5.74, 6) is -1.78. The number of ketones is 2. The molecule has 0 unspecified atom stereocenters. The van der Waals surface area contributed by atoms with E-state index in [1.807, 2.05) is 38.1 Å². The van der Waals surface area contributed by atoms with Crippen LogP contribution in [-0.2, 0) is 9.68 Å². The van der Waals surface area contributed by atoms with Crippen LogP contribution >= 0.6 is 0 Å². The zero-order valence-corrected chi connectivity index (χ0v) is 30.0. The van der Waals surface area contributed by atoms with Crippen LogP contribution in [0.4, 0.5) is 0 Å². The molecule has 0 radical (unpaired) electrons. The average molecular weight is 698 g/mol. The summed E-state index contributed by atoms with van der Waals surface area (Å²) >= 11 is 0. The highest BCUT2D eigenvalue weighted by molar-refractivity contribution is 6.47. The Morgan fingerprint density at radius 2 is 1.15 bits per heavy atom. The molecular formula is C43H43N3O6. The van der Waals surface area contributed by atoms with Gasteiger partial charge in [0.05, 0.1) is 11.1 Å². The van der Waals surface area contributed by atoms with E-state index in [0.717, 1.165) is 41.1 Å². The topological polar surface area (TPSA) is 116 Å². The minimum absolute atomic E-state index is 0.0780. The second-order valence-corrected chi connectivity index (χ2v) is 13.9. The summed E-state index contributed by atoms with van der Waals surface area (Å²) in [6.45, 7) is 7.79. The van der Waals surface area contributed by atoms with Crippen molar-refractivity contribution in [3.63, 3.8) is 0 Å². The largest absolute Gasteiger partial charge is 0.365 e. The van der Waals surface area contributed by atoms with Gasteiger partial charge in [-0.15, -0.1) is 0 Å². The van der Waals surface area contributed by atoms with Crippen LogP contribution in [-0.4, -0.2) is 39.5 Å². The van der Waals surface area contributed by atoms with Crippen molar-refractivity contribution in [2.75, 3.05) is 0 Å². The van der Waals surface area contributed by atoms with Gasteiger partial charge in [0.25, 0.3) is 0 Å². The van der Waals surface area contributed by atoms with Crippen LogP contribution in [0.25, 0.3) is 21.8 Å². The summed E-state index contributed by atoms with van der Waals surface area (Å²) in [4.78, 5) is 63.9. The predicted octanol–water partition coefficient (Wildman–Crippen LogP) is 9.79. The van der Waals surface area contributed by atoms with E-state index in [2.05, 4.69) is 28.7 Å². The fourth-order valence-electron chi connectivity index (χ4n) is 6.90. The number of benzene rings is 4. The van der Waals surface area contributed by atoms with Crippen LogP contribution in [0.2, 0.25) is 0 Å². The summed E-state index contributed by atoms with van der Waals surface area (Å²) in [7, 11) is 0. The number of aromatic nitrogens is 1. The highest BCUT2D eigenvalue weighted by Gasteiger charge is 2.25. The number of Topliss-reactive ketones (excluding diaryl/α,β-unsaturated/α-hetero) is 2. The molecular weight excluding hydrogens is 654 g/mol. The Bertz CT molecular complexity index is 2170. The second kappa shape index (κ2) is 16.1. The van der Waals surface area contributed by atoms with E-state index in [1.165, 1.54) is 12.8 Å². The van der Waals surface area contributed by atoms with Crippen molar-refractivity contribution in [1.29, 1.82) is 0 Å². The van der Waals surface area contributed by atoms with Gasteiger partial charge < -0.3 is 14.2 Å². The second-order valence-electron chi connectivity index (χ2n) is 13.9. The van der Waals surface area contributed by atoms with Crippen molar-refractivity contribution >= 4 is 56.7 Å². The zero-order chi connectivity index (χ0) is 36.8. The quantitative estimate of drug-likeness (QED) is 0.0523. The van der Waals surface area contributed by atoms with E-state index in [0.29, 0.717) is 34.6 Å². The van der Waals surface area contributed by atoms with E-state index in [-0.39, 0.29) is 34.9 Å². The molecule has 1 saturated carbocycles. The molecule has 0 atom stereocenters. The van der Waals surface area contributed by atoms with Crippen LogP contribution in [0.5, 0.6) is 0 Å². The Morgan fingerprint density at radius 3 is 1.65 bits per heavy atom. The summed E-state index contributed by atoms with van der Waals surface area (Å²) in [5.41, 5.74) is 3.57. The lowest BCUT2D eigenvalue weighted by Gasteiger charge is -2.12. The van der Waals surface area contributed by atoms with Crippen LogP contribution in [0.15, 0.2) is 107 Å². The molecule has 0 aliphatic heterocycles. The molecule has 9 heteroatoms. The molecule has 1 aliphatic carbocycles. The molecule has 1 aliphatic rings. The molecule has 1 aromatic heterocycles. The Labute approximate surface area is 303 Å². The van der Waals surface area contributed by atoms with E-state index in [9.17, 15) is 19.2 Å². The maximum absolute atomic E-state index is 14.1. The van der Waals surface area contributed by atoms with Gasteiger partial charge >= 0.3 is 11.9 Å². The Morgan fingerprint density at radius 1 is 0.654 bits per heavy atom. The van der Waals surface area contributed by atoms with Gasteiger partial charge in [-0.2, -0.15) is 0 Å². The molecule has 1 fully saturated rings. The maximum atomic E-state index is 14.1. The number of fused-ring (bicyclic) bond motifs is 3. The highest BCUT2D eigenvalue weighted by Crippen LogP contribution is 2.34. The Hall–Kier alpha value is -5.70. The Kier molecular flexibility index (Phi) is 11.2. The minimum Gasteiger partial charge on any atom is -0.338 e. The van der Waals surface area contributed by atoms with Gasteiger partial charge in [0.2, 0.25) is 11.6 Å². The van der Waals surface area contributed by atoms with Crippen molar-refractivity contribution < 1.29 is 28.9 Å². The summed E-state index contributed by atoms with van der Waals surface area (Å²) in [5, 5.41) is 9.75. The number of hydrogen-bond donors (Lipinski definition) is 0. The number of oxime groups is 2. The van der Waals surface area contributed by atoms with Gasteiger partial charge in [0, 0.05) is 44.9 Å². The lowest BCUT2D eigenvalue weighted by molar-refractivity contribution is 0.0504. The molecule has 9 nitrogen and oxygen atoms in total. The van der Waals surface area contributed by atoms with Crippen molar-refractivity contribution in [3.8, 4) is 0 Å². The fraction of sp³-hybridized carbons (Fsp3) is 0.302. The van der Waals surface area contributed by atoms with Crippen molar-refractivity contribution in [1.82, 2.24) is 4.57 Å². The number of nitrogens with zero attached hydrogens (tertiary/aromatic N) is 3. The molecule has 0 saturated heterocycles. The molecule has 5 aromatic rings. The summed E-state index contributed by atoms with van der Waals surface area (Å²) < 4.78 is 2.17. The number of rotatable bonds is 13. The van der Waals surface area contributed by atoms with Crippen LogP contribution in [0, 0.1) is 11.8 Å². The van der Waals surface area contributed by atoms with Gasteiger partial charge in [0.1, 0.15) is 11.4 Å². The van der Waals surface area contributed by atoms with E-state index in [1.54, 1.807) is 72.8 Å². The van der Waals surface area contributed by atoms with Crippen molar-refractivity contribution in [2.45, 2.75) is 72.3 Å². The standard InChI is InChI=1S/C43H43N3O6/c1-27(2)39(45-52-43(50)31-17-9-6-10-18-31)41(48)33-21-24-38-35(26-33)34-25-32(20-23-37(34)46(38)28(3)4)40(47)36(22-19-29-13-11-12-14-29)44-51-42(49)30-15-7-5-8-16-30/h5-10,15-18,20-21,23-29H,11-14,19,22H2,1-4H3/b44-36+,45-39+. The first-order valence-electron chi connectivity index (χ1n) is 18.0. The van der Waals surface area contributed by atoms with E-state index < -0.39 is 11.9 Å². The number of carbonyl (C=O) groups excluding carboxylic acids is 4. The molecule has 0 bridgehead atoms. The lowest BCUT2D eigenvalue weighted by atomic mass is 9.95. The van der Waals surface area contributed by atoms with Gasteiger partial charge in [-0.1, -0.05) is 86.2 Å². The molecule has 0 spiro atoms. The van der Waals surface area contributed by atoms with E-state index in [4.69, 9.17) is 9.68 Å². The first-order chi connectivity index (χ1) is 25.1. The van der Waals surface area contributed by atoms with Crippen molar-refractivity contribution in [3.05, 3.63) is 119 Å². The summed E-state index contributed by atoms with van der Waals surface area (Å²) in [6.07, 6.45) is 5.77. The van der Waals surface area contributed by atoms with E-state index >= 15 is 0 Å². The summed E-state index contributed by atoms with van der Waals surface area (Å²) in [6, 6.07) is 28.1. The third-order valence-electron chi connectivity index (χ3n) is 9.63. The highest BCUT2D eigenvalue weighted by atomic mass is 16.7. The molecule has 52 heavy (non-hydrogen) atoms. The third-order valence-corrected chi connectivity index (χ3v) is 9.63. The fourth-order valence-corrected chi connectivity index (χ4v) is 6.90. The molecule has 0 N–H and O–H groups in total. The van der Waals surface area contributed by atoms with Gasteiger partial charge in [0.15, 0.2) is 0 Å². The smallest absolute Gasteiger partial charge is 0.338 e. The van der Waals surface area contributed by atoms with Gasteiger partial charge in [-0.05, 0) is 93.3 Å².